The normalized spacial score (nSPS) is 18.6. The first-order chi connectivity index (χ1) is 7.66. The fourth-order valence-electron chi connectivity index (χ4n) is 1.47. The van der Waals surface area contributed by atoms with Crippen LogP contribution in [0.25, 0.3) is 0 Å². The van der Waals surface area contributed by atoms with Crippen LogP contribution in [0.15, 0.2) is 11.4 Å². The molecule has 6 nitrogen and oxygen atoms in total. The Morgan fingerprint density at radius 2 is 2.31 bits per heavy atom. The number of nitrogens with zero attached hydrogens (tertiary/aromatic N) is 1. The van der Waals surface area contributed by atoms with Gasteiger partial charge >= 0.3 is 11.7 Å². The number of rotatable bonds is 4. The van der Waals surface area contributed by atoms with Crippen molar-refractivity contribution in [2.24, 2.45) is 0 Å². The Balaban J connectivity index is 2.80. The predicted octanol–water partition coefficient (Wildman–Crippen LogP) is 0.721. The number of nitrogens with one attached hydrogen (secondary N) is 1. The topological polar surface area (TPSA) is 81.5 Å². The van der Waals surface area contributed by atoms with E-state index in [2.05, 4.69) is 17.9 Å². The summed E-state index contributed by atoms with van der Waals surface area (Å²) in [5.74, 6) is -0.539. The lowest BCUT2D eigenvalue weighted by Gasteiger charge is -2.16. The molecule has 0 unspecified atom stereocenters. The summed E-state index contributed by atoms with van der Waals surface area (Å²) in [6, 6.07) is 0. The lowest BCUT2D eigenvalue weighted by Crippen LogP contribution is -2.27. The third-order valence-electron chi connectivity index (χ3n) is 2.18. The highest BCUT2D eigenvalue weighted by Gasteiger charge is 2.29. The molecule has 0 aliphatic carbocycles. The standard InChI is InChI=1S/C9H14N2O4S/c12-9(15-5-6-16)8(11(13)14)7-3-1-2-4-10-7/h10,16H,1-6H2. The maximum atomic E-state index is 11.4. The molecule has 90 valence electrons. The quantitative estimate of drug-likeness (QED) is 0.251. The number of ether oxygens (including phenoxy) is 1. The summed E-state index contributed by atoms with van der Waals surface area (Å²) in [7, 11) is 0. The predicted molar refractivity (Wildman–Crippen MR) is 60.7 cm³/mol. The van der Waals surface area contributed by atoms with Crippen LogP contribution in [-0.2, 0) is 9.53 Å². The number of nitro groups is 1. The SMILES string of the molecule is O=C(OCCS)C(=C1CCCCN1)[N+](=O)[O-]. The summed E-state index contributed by atoms with van der Waals surface area (Å²) >= 11 is 3.86. The van der Waals surface area contributed by atoms with E-state index < -0.39 is 16.6 Å². The Kier molecular flexibility index (Phi) is 5.10. The van der Waals surface area contributed by atoms with Gasteiger partial charge in [-0.25, -0.2) is 4.79 Å². The molecule has 0 radical (unpaired) electrons. The molecule has 1 aliphatic heterocycles. The van der Waals surface area contributed by atoms with Crippen LogP contribution >= 0.6 is 12.6 Å². The summed E-state index contributed by atoms with van der Waals surface area (Å²) in [6.45, 7) is 0.735. The minimum absolute atomic E-state index is 0.0760. The molecule has 0 saturated carbocycles. The van der Waals surface area contributed by atoms with Crippen molar-refractivity contribution in [2.75, 3.05) is 18.9 Å². The van der Waals surface area contributed by atoms with Crippen LogP contribution in [-0.4, -0.2) is 29.8 Å². The summed E-state index contributed by atoms with van der Waals surface area (Å²) in [4.78, 5) is 21.6. The molecule has 1 saturated heterocycles. The first kappa shape index (κ1) is 12.8. The highest BCUT2D eigenvalue weighted by molar-refractivity contribution is 7.80. The molecule has 1 fully saturated rings. The highest BCUT2D eigenvalue weighted by Crippen LogP contribution is 2.16. The molecule has 0 atom stereocenters. The fourth-order valence-corrected chi connectivity index (χ4v) is 1.56. The molecule has 0 bridgehead atoms. The van der Waals surface area contributed by atoms with E-state index in [-0.39, 0.29) is 6.61 Å². The maximum absolute atomic E-state index is 11.4. The van der Waals surface area contributed by atoms with E-state index in [1.165, 1.54) is 0 Å². The third-order valence-corrected chi connectivity index (χ3v) is 2.36. The second-order valence-corrected chi connectivity index (χ2v) is 3.77. The monoisotopic (exact) mass is 246 g/mol. The van der Waals surface area contributed by atoms with Gasteiger partial charge in [-0.1, -0.05) is 0 Å². The molecule has 0 spiro atoms. The largest absolute Gasteiger partial charge is 0.457 e. The Morgan fingerprint density at radius 3 is 2.81 bits per heavy atom. The van der Waals surface area contributed by atoms with Gasteiger partial charge < -0.3 is 10.1 Å². The van der Waals surface area contributed by atoms with Crippen LogP contribution in [0.3, 0.4) is 0 Å². The van der Waals surface area contributed by atoms with Gasteiger partial charge in [-0.2, -0.15) is 12.6 Å². The number of carbonyl (C=O) groups excluding carboxylic acids is 1. The molecule has 0 aromatic carbocycles. The van der Waals surface area contributed by atoms with Crippen molar-refractivity contribution in [3.63, 3.8) is 0 Å². The van der Waals surface area contributed by atoms with E-state index in [1.54, 1.807) is 0 Å². The van der Waals surface area contributed by atoms with Gasteiger partial charge in [0.05, 0.1) is 10.6 Å². The van der Waals surface area contributed by atoms with Crippen LogP contribution in [0.4, 0.5) is 0 Å². The van der Waals surface area contributed by atoms with Crippen LogP contribution in [0.2, 0.25) is 0 Å². The fraction of sp³-hybridized carbons (Fsp3) is 0.667. The minimum Gasteiger partial charge on any atom is -0.457 e. The van der Waals surface area contributed by atoms with Crippen LogP contribution < -0.4 is 5.32 Å². The van der Waals surface area contributed by atoms with E-state index in [9.17, 15) is 14.9 Å². The molecule has 7 heteroatoms. The number of carbonyl (C=O) groups is 1. The molecular formula is C9H14N2O4S. The zero-order valence-corrected chi connectivity index (χ0v) is 9.66. The van der Waals surface area contributed by atoms with Gasteiger partial charge in [-0.3, -0.25) is 10.1 Å². The van der Waals surface area contributed by atoms with Gasteiger partial charge in [0, 0.05) is 12.3 Å². The second kappa shape index (κ2) is 6.37. The number of thiol groups is 1. The summed E-state index contributed by atoms with van der Waals surface area (Å²) in [5.41, 5.74) is -0.0955. The lowest BCUT2D eigenvalue weighted by atomic mass is 10.1. The van der Waals surface area contributed by atoms with Crippen LogP contribution in [0, 0.1) is 10.1 Å². The van der Waals surface area contributed by atoms with Crippen LogP contribution in [0.1, 0.15) is 19.3 Å². The van der Waals surface area contributed by atoms with Gasteiger partial charge in [-0.15, -0.1) is 0 Å². The molecule has 0 amide bonds. The Labute approximate surface area is 98.6 Å². The minimum atomic E-state index is -0.886. The average Bonchev–Trinajstić information content (AvgIpc) is 2.27. The maximum Gasteiger partial charge on any atom is 0.411 e. The molecule has 1 heterocycles. The molecule has 16 heavy (non-hydrogen) atoms. The third kappa shape index (κ3) is 3.41. The Bertz CT molecular complexity index is 309. The molecule has 1 rings (SSSR count). The van der Waals surface area contributed by atoms with Crippen molar-refractivity contribution in [3.8, 4) is 0 Å². The number of hydrogen-bond donors (Lipinski definition) is 2. The lowest BCUT2D eigenvalue weighted by molar-refractivity contribution is -0.423. The summed E-state index contributed by atoms with van der Waals surface area (Å²) in [5, 5.41) is 13.7. The van der Waals surface area contributed by atoms with Crippen LogP contribution in [0.5, 0.6) is 0 Å². The number of esters is 1. The molecule has 1 N–H and O–H groups in total. The van der Waals surface area contributed by atoms with Crippen molar-refractivity contribution in [1.29, 1.82) is 0 Å². The van der Waals surface area contributed by atoms with E-state index >= 15 is 0 Å². The summed E-state index contributed by atoms with van der Waals surface area (Å²) in [6.07, 6.45) is 2.33. The van der Waals surface area contributed by atoms with Gasteiger partial charge in [-0.05, 0) is 19.3 Å². The first-order valence-corrected chi connectivity index (χ1v) is 5.69. The van der Waals surface area contributed by atoms with Crippen molar-refractivity contribution < 1.29 is 14.5 Å². The zero-order chi connectivity index (χ0) is 12.0. The highest BCUT2D eigenvalue weighted by atomic mass is 32.1. The molecule has 0 aromatic rings. The number of hydrogen-bond acceptors (Lipinski definition) is 6. The van der Waals surface area contributed by atoms with E-state index in [0.29, 0.717) is 24.4 Å². The smallest absolute Gasteiger partial charge is 0.411 e. The van der Waals surface area contributed by atoms with Gasteiger partial charge in [0.25, 0.3) is 0 Å². The van der Waals surface area contributed by atoms with Crippen molar-refractivity contribution in [1.82, 2.24) is 5.32 Å². The second-order valence-electron chi connectivity index (χ2n) is 3.33. The van der Waals surface area contributed by atoms with E-state index in [1.807, 2.05) is 0 Å². The summed E-state index contributed by atoms with van der Waals surface area (Å²) < 4.78 is 4.71. The van der Waals surface area contributed by atoms with Crippen molar-refractivity contribution in [2.45, 2.75) is 19.3 Å². The molecular weight excluding hydrogens is 232 g/mol. The van der Waals surface area contributed by atoms with E-state index in [4.69, 9.17) is 4.74 Å². The Morgan fingerprint density at radius 1 is 1.56 bits per heavy atom. The van der Waals surface area contributed by atoms with Gasteiger partial charge in [0.2, 0.25) is 0 Å². The number of allylic oxidation sites excluding steroid dienone is 1. The van der Waals surface area contributed by atoms with E-state index in [0.717, 1.165) is 12.8 Å². The first-order valence-electron chi connectivity index (χ1n) is 5.06. The van der Waals surface area contributed by atoms with Crippen molar-refractivity contribution >= 4 is 18.6 Å². The van der Waals surface area contributed by atoms with Gasteiger partial charge in [0.1, 0.15) is 6.61 Å². The molecule has 1 aliphatic rings. The number of piperidine rings is 1. The Hall–Kier alpha value is -1.24. The average molecular weight is 246 g/mol. The van der Waals surface area contributed by atoms with Gasteiger partial charge in [0.15, 0.2) is 0 Å². The van der Waals surface area contributed by atoms with Crippen molar-refractivity contribution in [3.05, 3.63) is 21.5 Å². The zero-order valence-electron chi connectivity index (χ0n) is 8.77. The molecule has 0 aromatic heterocycles.